The minimum Gasteiger partial charge on any atom is -0.494 e. The summed E-state index contributed by atoms with van der Waals surface area (Å²) < 4.78 is 21.3. The molecule has 1 aromatic rings. The van der Waals surface area contributed by atoms with Crippen LogP contribution in [0.15, 0.2) is 24.3 Å². The summed E-state index contributed by atoms with van der Waals surface area (Å²) in [5, 5.41) is 26.2. The van der Waals surface area contributed by atoms with Gasteiger partial charge in [-0.15, -0.1) is 0 Å². The summed E-state index contributed by atoms with van der Waals surface area (Å²) in [5.41, 5.74) is 1.28. The van der Waals surface area contributed by atoms with Crippen molar-refractivity contribution in [3.63, 3.8) is 0 Å². The van der Waals surface area contributed by atoms with Crippen molar-refractivity contribution in [2.24, 2.45) is 0 Å². The van der Waals surface area contributed by atoms with Crippen molar-refractivity contribution < 1.29 is 38.4 Å². The van der Waals surface area contributed by atoms with Crippen LogP contribution in [-0.4, -0.2) is 93.1 Å². The minimum atomic E-state index is -1.07. The second-order valence-corrected chi connectivity index (χ2v) is 9.17. The second kappa shape index (κ2) is 18.3. The fourth-order valence-electron chi connectivity index (χ4n) is 3.71. The van der Waals surface area contributed by atoms with Gasteiger partial charge in [-0.1, -0.05) is 6.92 Å². The van der Waals surface area contributed by atoms with Gasteiger partial charge in [0.25, 0.3) is 0 Å². The van der Waals surface area contributed by atoms with Gasteiger partial charge in [0.05, 0.1) is 45.5 Å². The van der Waals surface area contributed by atoms with Crippen LogP contribution in [0.2, 0.25) is 0 Å². The topological polar surface area (TPSA) is 168 Å². The van der Waals surface area contributed by atoms with Gasteiger partial charge < -0.3 is 40.1 Å². The summed E-state index contributed by atoms with van der Waals surface area (Å²) >= 11 is 0. The lowest BCUT2D eigenvalue weighted by molar-refractivity contribution is -0.141. The van der Waals surface area contributed by atoms with Gasteiger partial charge >= 0.3 is 5.97 Å². The summed E-state index contributed by atoms with van der Waals surface area (Å²) in [7, 11) is 0. The monoisotopic (exact) mass is 550 g/mol. The fraction of sp³-hybridized carbons (Fsp3) is 0.630. The lowest BCUT2D eigenvalue weighted by Gasteiger charge is -2.22. The van der Waals surface area contributed by atoms with Crippen LogP contribution in [0, 0.1) is 5.41 Å². The van der Waals surface area contributed by atoms with Crippen LogP contribution >= 0.6 is 0 Å². The molecular weight excluding hydrogens is 508 g/mol. The number of esters is 1. The predicted octanol–water partition coefficient (Wildman–Crippen LogP) is 0.891. The Bertz CT molecular complexity index is 912. The Hall–Kier alpha value is -3.06. The van der Waals surface area contributed by atoms with E-state index >= 15 is 0 Å². The average Bonchev–Trinajstić information content (AvgIpc) is 3.31. The maximum atomic E-state index is 12.8. The molecule has 0 spiro atoms. The number of nitrogens with one attached hydrogen (secondary N) is 4. The van der Waals surface area contributed by atoms with Gasteiger partial charge in [-0.2, -0.15) is 0 Å². The Balaban J connectivity index is 1.78. The van der Waals surface area contributed by atoms with E-state index in [1.807, 2.05) is 6.92 Å². The molecule has 12 nitrogen and oxygen atoms in total. The van der Waals surface area contributed by atoms with Crippen molar-refractivity contribution in [1.82, 2.24) is 16.0 Å². The van der Waals surface area contributed by atoms with Crippen LogP contribution in [0.3, 0.4) is 0 Å². The molecule has 39 heavy (non-hydrogen) atoms. The second-order valence-electron chi connectivity index (χ2n) is 9.17. The van der Waals surface area contributed by atoms with E-state index in [1.54, 1.807) is 31.2 Å². The first kappa shape index (κ1) is 32.2. The van der Waals surface area contributed by atoms with Crippen molar-refractivity contribution >= 4 is 23.5 Å². The standard InChI is InChI=1S/C27H42N4O8/c1-3-12-36-16-17-37-15-11-29-26(34)23(18-25(33)30-22-10-14-39-27(22)35)31-24(32)5-4-13-38-21-8-6-20(7-9-21)19(2)28/h6-9,22-24,28,31-32H,3-5,10-18H2,1-2H3,(H,29,34)(H,30,33)/t22-,23-,24?/m0/s1. The van der Waals surface area contributed by atoms with Crippen LogP contribution in [0.25, 0.3) is 0 Å². The SMILES string of the molecule is CCCOCCOCCNC(=O)[C@H](CC(=O)N[C@H]1CCOC1=O)NC(O)CCCOc1ccc(C(C)=N)cc1. The highest BCUT2D eigenvalue weighted by Gasteiger charge is 2.30. The van der Waals surface area contributed by atoms with Crippen LogP contribution in [0.1, 0.15) is 51.5 Å². The number of carbonyl (C=O) groups excluding carboxylic acids is 3. The Morgan fingerprint density at radius 3 is 2.49 bits per heavy atom. The largest absolute Gasteiger partial charge is 0.494 e. The molecule has 12 heteroatoms. The number of hydrogen-bond acceptors (Lipinski definition) is 10. The highest BCUT2D eigenvalue weighted by Crippen LogP contribution is 2.13. The summed E-state index contributed by atoms with van der Waals surface area (Å²) in [4.78, 5) is 37.0. The van der Waals surface area contributed by atoms with Crippen molar-refractivity contribution in [3.8, 4) is 5.75 Å². The molecular formula is C27H42N4O8. The summed E-state index contributed by atoms with van der Waals surface area (Å²) in [6.45, 7) is 6.35. The number of cyclic esters (lactones) is 1. The van der Waals surface area contributed by atoms with Crippen LogP contribution in [0.5, 0.6) is 5.75 Å². The van der Waals surface area contributed by atoms with E-state index in [4.69, 9.17) is 24.4 Å². The zero-order valence-corrected chi connectivity index (χ0v) is 22.8. The molecule has 1 unspecified atom stereocenters. The first-order valence-electron chi connectivity index (χ1n) is 13.4. The van der Waals surface area contributed by atoms with E-state index in [-0.39, 0.29) is 32.6 Å². The van der Waals surface area contributed by atoms with Gasteiger partial charge in [-0.25, -0.2) is 4.79 Å². The van der Waals surface area contributed by atoms with Crippen molar-refractivity contribution in [2.75, 3.05) is 46.2 Å². The first-order valence-corrected chi connectivity index (χ1v) is 13.4. The molecule has 1 aliphatic rings. The van der Waals surface area contributed by atoms with Gasteiger partial charge in [-0.05, 0) is 56.0 Å². The molecule has 0 bridgehead atoms. The van der Waals surface area contributed by atoms with Crippen LogP contribution < -0.4 is 20.7 Å². The molecule has 1 aromatic carbocycles. The maximum absolute atomic E-state index is 12.8. The van der Waals surface area contributed by atoms with E-state index in [1.165, 1.54) is 0 Å². The first-order chi connectivity index (χ1) is 18.8. The zero-order chi connectivity index (χ0) is 28.5. The summed E-state index contributed by atoms with van der Waals surface area (Å²) in [6, 6.07) is 5.41. The normalized spacial score (nSPS) is 16.3. The van der Waals surface area contributed by atoms with Crippen LogP contribution in [-0.2, 0) is 28.6 Å². The maximum Gasteiger partial charge on any atom is 0.328 e. The average molecular weight is 551 g/mol. The fourth-order valence-corrected chi connectivity index (χ4v) is 3.71. The third kappa shape index (κ3) is 13.0. The summed E-state index contributed by atoms with van der Waals surface area (Å²) in [6.07, 6.45) is 0.733. The molecule has 0 aliphatic carbocycles. The van der Waals surface area contributed by atoms with E-state index < -0.39 is 36.1 Å². The molecule has 0 aromatic heterocycles. The number of hydrogen-bond donors (Lipinski definition) is 5. The number of ether oxygens (including phenoxy) is 4. The number of rotatable bonds is 20. The van der Waals surface area contributed by atoms with Crippen LogP contribution in [0.4, 0.5) is 0 Å². The van der Waals surface area contributed by atoms with Gasteiger partial charge in [-0.3, -0.25) is 14.9 Å². The molecule has 2 rings (SSSR count). The summed E-state index contributed by atoms with van der Waals surface area (Å²) in [5.74, 6) is -0.821. The van der Waals surface area contributed by atoms with E-state index in [0.29, 0.717) is 50.7 Å². The smallest absolute Gasteiger partial charge is 0.328 e. The van der Waals surface area contributed by atoms with Gasteiger partial charge in [0.2, 0.25) is 11.8 Å². The number of carbonyl (C=O) groups is 3. The van der Waals surface area contributed by atoms with E-state index in [9.17, 15) is 19.5 Å². The molecule has 1 heterocycles. The third-order valence-corrected chi connectivity index (χ3v) is 5.81. The lowest BCUT2D eigenvalue weighted by Crippen LogP contribution is -2.52. The number of amides is 2. The Morgan fingerprint density at radius 2 is 1.85 bits per heavy atom. The number of aliphatic hydroxyl groups is 1. The molecule has 1 aliphatic heterocycles. The Kier molecular flexibility index (Phi) is 15.1. The van der Waals surface area contributed by atoms with Crippen molar-refractivity contribution in [3.05, 3.63) is 29.8 Å². The van der Waals surface area contributed by atoms with Gasteiger partial charge in [0.1, 0.15) is 18.0 Å². The van der Waals surface area contributed by atoms with Crippen molar-refractivity contribution in [2.45, 2.75) is 64.3 Å². The molecule has 1 saturated heterocycles. The molecule has 1 fully saturated rings. The Morgan fingerprint density at radius 1 is 1.13 bits per heavy atom. The molecule has 3 atom stereocenters. The number of benzene rings is 1. The number of aliphatic hydroxyl groups excluding tert-OH is 1. The Labute approximate surface area is 229 Å². The molecule has 5 N–H and O–H groups in total. The highest BCUT2D eigenvalue weighted by atomic mass is 16.5. The predicted molar refractivity (Wildman–Crippen MR) is 144 cm³/mol. The van der Waals surface area contributed by atoms with E-state index in [0.717, 1.165) is 12.0 Å². The van der Waals surface area contributed by atoms with Gasteiger partial charge in [0.15, 0.2) is 0 Å². The van der Waals surface area contributed by atoms with E-state index in [2.05, 4.69) is 16.0 Å². The molecule has 218 valence electrons. The quantitative estimate of drug-likeness (QED) is 0.0685. The third-order valence-electron chi connectivity index (χ3n) is 5.81. The lowest BCUT2D eigenvalue weighted by atomic mass is 10.1. The highest BCUT2D eigenvalue weighted by molar-refractivity contribution is 5.96. The molecule has 0 saturated carbocycles. The molecule has 0 radical (unpaired) electrons. The minimum absolute atomic E-state index is 0.224. The van der Waals surface area contributed by atoms with Crippen molar-refractivity contribution in [1.29, 1.82) is 5.41 Å². The zero-order valence-electron chi connectivity index (χ0n) is 22.8. The molecule has 2 amide bonds. The van der Waals surface area contributed by atoms with Gasteiger partial charge in [0, 0.05) is 25.3 Å².